The molecule has 0 radical (unpaired) electrons. The number of hydrogen-bond donors (Lipinski definition) is 2. The molecule has 140 valence electrons. The molecule has 0 aliphatic heterocycles. The maximum atomic E-state index is 13.2. The lowest BCUT2D eigenvalue weighted by Gasteiger charge is -2.11. The maximum Gasteiger partial charge on any atom is 0.263 e. The largest absolute Gasteiger partial charge is 0.339 e. The molecule has 0 unspecified atom stereocenters. The highest BCUT2D eigenvalue weighted by atomic mass is 32.2. The van der Waals surface area contributed by atoms with Crippen LogP contribution in [0.1, 0.15) is 18.1 Å². The van der Waals surface area contributed by atoms with Crippen LogP contribution in [0.15, 0.2) is 59.5 Å². The zero-order valence-electron chi connectivity index (χ0n) is 14.9. The predicted octanol–water partition coefficient (Wildman–Crippen LogP) is 4.03. The summed E-state index contributed by atoms with van der Waals surface area (Å²) in [4.78, 5) is -0.00947. The van der Waals surface area contributed by atoms with Gasteiger partial charge in [-0.3, -0.25) is 4.72 Å². The van der Waals surface area contributed by atoms with Crippen molar-refractivity contribution < 1.29 is 12.8 Å². The summed E-state index contributed by atoms with van der Waals surface area (Å²) in [5.41, 5.74) is 2.37. The lowest BCUT2D eigenvalue weighted by Crippen LogP contribution is -2.15. The van der Waals surface area contributed by atoms with Gasteiger partial charge in [0.25, 0.3) is 10.0 Å². The van der Waals surface area contributed by atoms with Crippen molar-refractivity contribution in [3.05, 3.63) is 71.5 Å². The van der Waals surface area contributed by atoms with Crippen molar-refractivity contribution in [3.63, 3.8) is 0 Å². The van der Waals surface area contributed by atoms with Gasteiger partial charge in [-0.1, -0.05) is 25.1 Å². The van der Waals surface area contributed by atoms with Gasteiger partial charge in [0.2, 0.25) is 0 Å². The number of para-hydroxylation sites is 1. The highest BCUT2D eigenvalue weighted by molar-refractivity contribution is 7.92. The molecule has 8 heteroatoms. The van der Waals surface area contributed by atoms with Crippen LogP contribution in [0.3, 0.4) is 0 Å². The molecule has 3 aromatic rings. The number of sulfonamides is 1. The standard InChI is InChI=1S/C19H19FN4O2S/c1-3-14-6-4-5-7-16(14)21-18-10-11-19(23-22-18)24-27(25,26)17-9-8-15(20)12-13(17)2/h4-12H,3H2,1-2H3,(H,21,22)(H,23,24). The molecular formula is C19H19FN4O2S. The summed E-state index contributed by atoms with van der Waals surface area (Å²) >= 11 is 0. The van der Waals surface area contributed by atoms with Crippen molar-refractivity contribution in [1.29, 1.82) is 0 Å². The van der Waals surface area contributed by atoms with E-state index in [0.29, 0.717) is 11.4 Å². The van der Waals surface area contributed by atoms with Crippen LogP contribution in [-0.2, 0) is 16.4 Å². The molecule has 0 atom stereocenters. The Morgan fingerprint density at radius 2 is 1.70 bits per heavy atom. The molecule has 2 N–H and O–H groups in total. The SMILES string of the molecule is CCc1ccccc1Nc1ccc(NS(=O)(=O)c2ccc(F)cc2C)nn1. The fourth-order valence-corrected chi connectivity index (χ4v) is 3.87. The minimum absolute atomic E-state index is 0.00947. The zero-order chi connectivity index (χ0) is 19.4. The number of aryl methyl sites for hydroxylation is 2. The number of rotatable bonds is 6. The molecular weight excluding hydrogens is 367 g/mol. The first-order chi connectivity index (χ1) is 12.9. The maximum absolute atomic E-state index is 13.2. The van der Waals surface area contributed by atoms with E-state index in [1.807, 2.05) is 24.3 Å². The molecule has 0 bridgehead atoms. The molecule has 0 saturated carbocycles. The summed E-state index contributed by atoms with van der Waals surface area (Å²) in [6.07, 6.45) is 0.867. The number of benzene rings is 2. The first-order valence-electron chi connectivity index (χ1n) is 8.36. The Hall–Kier alpha value is -3.00. The molecule has 0 fully saturated rings. The van der Waals surface area contributed by atoms with E-state index in [-0.39, 0.29) is 10.7 Å². The molecule has 0 saturated heterocycles. The smallest absolute Gasteiger partial charge is 0.263 e. The lowest BCUT2D eigenvalue weighted by molar-refractivity contribution is 0.598. The van der Waals surface area contributed by atoms with Crippen LogP contribution in [0.5, 0.6) is 0 Å². The van der Waals surface area contributed by atoms with Crippen LogP contribution in [0, 0.1) is 12.7 Å². The van der Waals surface area contributed by atoms with E-state index >= 15 is 0 Å². The van der Waals surface area contributed by atoms with Gasteiger partial charge < -0.3 is 5.32 Å². The third-order valence-electron chi connectivity index (χ3n) is 3.99. The summed E-state index contributed by atoms with van der Waals surface area (Å²) < 4.78 is 40.5. The van der Waals surface area contributed by atoms with Gasteiger partial charge in [0, 0.05) is 5.69 Å². The van der Waals surface area contributed by atoms with E-state index in [2.05, 4.69) is 27.2 Å². The number of nitrogens with zero attached hydrogens (tertiary/aromatic N) is 2. The fourth-order valence-electron chi connectivity index (χ4n) is 2.65. The van der Waals surface area contributed by atoms with Crippen LogP contribution in [0.2, 0.25) is 0 Å². The van der Waals surface area contributed by atoms with Gasteiger partial charge in [-0.2, -0.15) is 0 Å². The molecule has 0 amide bonds. The van der Waals surface area contributed by atoms with Crippen LogP contribution >= 0.6 is 0 Å². The molecule has 3 rings (SSSR count). The number of aromatic nitrogens is 2. The molecule has 0 aliphatic carbocycles. The monoisotopic (exact) mass is 386 g/mol. The van der Waals surface area contributed by atoms with Crippen molar-refractivity contribution in [2.24, 2.45) is 0 Å². The summed E-state index contributed by atoms with van der Waals surface area (Å²) in [5.74, 6) is 0.0823. The van der Waals surface area contributed by atoms with E-state index in [9.17, 15) is 12.8 Å². The van der Waals surface area contributed by atoms with Gasteiger partial charge in [-0.05, 0) is 60.9 Å². The van der Waals surface area contributed by atoms with Crippen molar-refractivity contribution in [3.8, 4) is 0 Å². The van der Waals surface area contributed by atoms with E-state index in [0.717, 1.165) is 23.7 Å². The summed E-state index contributed by atoms with van der Waals surface area (Å²) in [7, 11) is -3.88. The summed E-state index contributed by atoms with van der Waals surface area (Å²) in [5, 5.41) is 11.1. The van der Waals surface area contributed by atoms with Crippen molar-refractivity contribution in [2.45, 2.75) is 25.2 Å². The van der Waals surface area contributed by atoms with E-state index in [1.165, 1.54) is 25.1 Å². The molecule has 0 spiro atoms. The van der Waals surface area contributed by atoms with Crippen LogP contribution in [0.4, 0.5) is 21.7 Å². The first kappa shape index (κ1) is 18.8. The van der Waals surface area contributed by atoms with E-state index in [4.69, 9.17) is 0 Å². The van der Waals surface area contributed by atoms with Gasteiger partial charge in [0.05, 0.1) is 4.90 Å². The Balaban J connectivity index is 1.77. The molecule has 2 aromatic carbocycles. The highest BCUT2D eigenvalue weighted by Crippen LogP contribution is 2.22. The Bertz CT molecular complexity index is 1050. The summed E-state index contributed by atoms with van der Waals surface area (Å²) in [6.45, 7) is 3.59. The second-order valence-electron chi connectivity index (χ2n) is 5.95. The van der Waals surface area contributed by atoms with E-state index < -0.39 is 15.8 Å². The predicted molar refractivity (Wildman–Crippen MR) is 103 cm³/mol. The van der Waals surface area contributed by atoms with Crippen molar-refractivity contribution in [1.82, 2.24) is 10.2 Å². The zero-order valence-corrected chi connectivity index (χ0v) is 15.7. The van der Waals surface area contributed by atoms with Gasteiger partial charge in [0.15, 0.2) is 11.6 Å². The fraction of sp³-hybridized carbons (Fsp3) is 0.158. The number of halogens is 1. The molecule has 27 heavy (non-hydrogen) atoms. The van der Waals surface area contributed by atoms with Crippen LogP contribution < -0.4 is 10.0 Å². The highest BCUT2D eigenvalue weighted by Gasteiger charge is 2.18. The first-order valence-corrected chi connectivity index (χ1v) is 9.85. The Morgan fingerprint density at radius 1 is 1.00 bits per heavy atom. The van der Waals surface area contributed by atoms with E-state index in [1.54, 1.807) is 6.07 Å². The van der Waals surface area contributed by atoms with Crippen molar-refractivity contribution >= 4 is 27.3 Å². The third kappa shape index (κ3) is 4.40. The number of hydrogen-bond acceptors (Lipinski definition) is 5. The van der Waals surface area contributed by atoms with Crippen LogP contribution in [0.25, 0.3) is 0 Å². The van der Waals surface area contributed by atoms with Crippen molar-refractivity contribution in [2.75, 3.05) is 10.0 Å². The molecule has 1 aromatic heterocycles. The quantitative estimate of drug-likeness (QED) is 0.668. The second-order valence-corrected chi connectivity index (χ2v) is 7.61. The van der Waals surface area contributed by atoms with Gasteiger partial charge in [0.1, 0.15) is 5.82 Å². The minimum atomic E-state index is -3.88. The van der Waals surface area contributed by atoms with Gasteiger partial charge in [-0.25, -0.2) is 12.8 Å². The normalized spacial score (nSPS) is 11.2. The lowest BCUT2D eigenvalue weighted by atomic mass is 10.1. The number of nitrogens with one attached hydrogen (secondary N) is 2. The number of anilines is 3. The van der Waals surface area contributed by atoms with Gasteiger partial charge >= 0.3 is 0 Å². The Kier molecular flexibility index (Phi) is 5.36. The molecule has 1 heterocycles. The topological polar surface area (TPSA) is 84.0 Å². The Morgan fingerprint density at radius 3 is 2.37 bits per heavy atom. The summed E-state index contributed by atoms with van der Waals surface area (Å²) in [6, 6.07) is 14.5. The molecule has 0 aliphatic rings. The molecule has 6 nitrogen and oxygen atoms in total. The Labute approximate surface area is 157 Å². The second kappa shape index (κ2) is 7.71. The third-order valence-corrected chi connectivity index (χ3v) is 5.51. The van der Waals surface area contributed by atoms with Gasteiger partial charge in [-0.15, -0.1) is 10.2 Å². The minimum Gasteiger partial charge on any atom is -0.339 e. The van der Waals surface area contributed by atoms with Crippen LogP contribution in [-0.4, -0.2) is 18.6 Å². The average molecular weight is 386 g/mol. The average Bonchev–Trinajstić information content (AvgIpc) is 2.63.